The van der Waals surface area contributed by atoms with Crippen molar-refractivity contribution >= 4 is 54.4 Å². The predicted octanol–water partition coefficient (Wildman–Crippen LogP) is 6.15. The maximum absolute atomic E-state index is 4.74. The number of thiazole rings is 2. The van der Waals surface area contributed by atoms with Gasteiger partial charge < -0.3 is 0 Å². The van der Waals surface area contributed by atoms with E-state index in [0.29, 0.717) is 0 Å². The predicted molar refractivity (Wildman–Crippen MR) is 109 cm³/mol. The van der Waals surface area contributed by atoms with Gasteiger partial charge in [-0.15, -0.1) is 34.0 Å². The number of para-hydroxylation sites is 2. The van der Waals surface area contributed by atoms with Gasteiger partial charge in [0.05, 0.1) is 30.4 Å². The maximum Gasteiger partial charge on any atom is 0.0990 e. The average Bonchev–Trinajstić information content (AvgIpc) is 3.32. The van der Waals surface area contributed by atoms with Crippen molar-refractivity contribution in [2.75, 3.05) is 0 Å². The number of rotatable bonds is 4. The number of nitrogens with zero attached hydrogens (tertiary/aromatic N) is 2. The molecule has 25 heavy (non-hydrogen) atoms. The van der Waals surface area contributed by atoms with Crippen LogP contribution in [-0.4, -0.2) is 9.97 Å². The van der Waals surface area contributed by atoms with Gasteiger partial charge in [0.2, 0.25) is 0 Å². The highest BCUT2D eigenvalue weighted by Gasteiger charge is 2.09. The lowest BCUT2D eigenvalue weighted by molar-refractivity contribution is 1.19. The molecule has 0 aliphatic rings. The van der Waals surface area contributed by atoms with Crippen LogP contribution in [0.3, 0.4) is 0 Å². The van der Waals surface area contributed by atoms with Gasteiger partial charge in [0.25, 0.3) is 0 Å². The van der Waals surface area contributed by atoms with Gasteiger partial charge in [0, 0.05) is 22.6 Å². The van der Waals surface area contributed by atoms with E-state index in [1.54, 1.807) is 22.7 Å². The van der Waals surface area contributed by atoms with Crippen LogP contribution in [0.15, 0.2) is 60.7 Å². The molecule has 0 saturated heterocycles. The summed E-state index contributed by atoms with van der Waals surface area (Å²) < 4.78 is 2.53. The third-order valence-corrected chi connectivity index (χ3v) is 7.20. The first kappa shape index (κ1) is 15.2. The minimum atomic E-state index is 0.920. The van der Waals surface area contributed by atoms with E-state index in [2.05, 4.69) is 48.5 Å². The van der Waals surface area contributed by atoms with E-state index in [-0.39, 0.29) is 0 Å². The molecule has 0 aliphatic carbocycles. The molecule has 0 radical (unpaired) electrons. The van der Waals surface area contributed by atoms with Gasteiger partial charge in [-0.2, -0.15) is 0 Å². The monoisotopic (exact) mass is 378 g/mol. The molecule has 3 heterocycles. The fourth-order valence-corrected chi connectivity index (χ4v) is 6.09. The normalized spacial score (nSPS) is 11.5. The third kappa shape index (κ3) is 3.11. The Hall–Kier alpha value is -2.08. The van der Waals surface area contributed by atoms with Crippen molar-refractivity contribution in [1.29, 1.82) is 0 Å². The summed E-state index contributed by atoms with van der Waals surface area (Å²) in [5, 5.41) is 2.38. The maximum atomic E-state index is 4.74. The molecule has 5 heteroatoms. The molecule has 2 aromatic carbocycles. The molecular formula is C20H14N2S3. The molecule has 2 nitrogen and oxygen atoms in total. The molecule has 0 spiro atoms. The zero-order valence-electron chi connectivity index (χ0n) is 13.3. The summed E-state index contributed by atoms with van der Waals surface area (Å²) >= 11 is 5.46. The van der Waals surface area contributed by atoms with Crippen molar-refractivity contribution in [1.82, 2.24) is 9.97 Å². The molecule has 5 aromatic rings. The fourth-order valence-electron chi connectivity index (χ4n) is 2.90. The van der Waals surface area contributed by atoms with Crippen LogP contribution in [0.25, 0.3) is 20.4 Å². The standard InChI is InChI=1S/C20H14N2S3/c1-3-7-17-15(5-1)21-19(24-17)11-13-9-10-14(23-13)12-20-22-16-6-2-4-8-18(16)25-20/h1-10H,11-12H2. The van der Waals surface area contributed by atoms with E-state index in [9.17, 15) is 0 Å². The van der Waals surface area contributed by atoms with Crippen LogP contribution in [0.2, 0.25) is 0 Å². The summed E-state index contributed by atoms with van der Waals surface area (Å²) in [5.74, 6) is 0. The summed E-state index contributed by atoms with van der Waals surface area (Å²) in [7, 11) is 0. The van der Waals surface area contributed by atoms with E-state index in [1.165, 1.54) is 29.2 Å². The molecular weight excluding hydrogens is 364 g/mol. The van der Waals surface area contributed by atoms with Crippen LogP contribution < -0.4 is 0 Å². The van der Waals surface area contributed by atoms with Gasteiger partial charge in [-0.1, -0.05) is 24.3 Å². The average molecular weight is 379 g/mol. The fraction of sp³-hybridized carbons (Fsp3) is 0.100. The van der Waals surface area contributed by atoms with E-state index in [4.69, 9.17) is 9.97 Å². The van der Waals surface area contributed by atoms with Crippen LogP contribution in [-0.2, 0) is 12.8 Å². The Morgan fingerprint density at radius 1 is 0.560 bits per heavy atom. The number of fused-ring (bicyclic) bond motifs is 2. The lowest BCUT2D eigenvalue weighted by atomic mass is 10.3. The summed E-state index contributed by atoms with van der Waals surface area (Å²) in [6.07, 6.45) is 1.84. The molecule has 0 fully saturated rings. The van der Waals surface area contributed by atoms with Crippen LogP contribution in [0.4, 0.5) is 0 Å². The second kappa shape index (κ2) is 6.33. The first-order chi connectivity index (χ1) is 12.3. The Morgan fingerprint density at radius 2 is 1.04 bits per heavy atom. The SMILES string of the molecule is c1ccc2sc(Cc3ccc(Cc4nc5ccccc5s4)s3)nc2c1. The highest BCUT2D eigenvalue weighted by molar-refractivity contribution is 7.19. The minimum Gasteiger partial charge on any atom is -0.241 e. The van der Waals surface area contributed by atoms with E-state index in [0.717, 1.165) is 23.9 Å². The molecule has 0 bridgehead atoms. The highest BCUT2D eigenvalue weighted by atomic mass is 32.1. The second-order valence-corrected chi connectivity index (χ2v) is 9.36. The number of benzene rings is 2. The molecule has 122 valence electrons. The largest absolute Gasteiger partial charge is 0.241 e. The van der Waals surface area contributed by atoms with Crippen LogP contribution in [0, 0.1) is 0 Å². The molecule has 0 aliphatic heterocycles. The molecule has 0 unspecified atom stereocenters. The second-order valence-electron chi connectivity index (χ2n) is 5.87. The number of hydrogen-bond acceptors (Lipinski definition) is 5. The molecule has 0 N–H and O–H groups in total. The van der Waals surface area contributed by atoms with Crippen molar-refractivity contribution in [3.8, 4) is 0 Å². The number of hydrogen-bond donors (Lipinski definition) is 0. The van der Waals surface area contributed by atoms with Gasteiger partial charge in [0.15, 0.2) is 0 Å². The lowest BCUT2D eigenvalue weighted by Gasteiger charge is -1.92. The number of aromatic nitrogens is 2. The summed E-state index contributed by atoms with van der Waals surface area (Å²) in [6, 6.07) is 21.2. The molecule has 0 amide bonds. The van der Waals surface area contributed by atoms with Crippen molar-refractivity contribution in [2.24, 2.45) is 0 Å². The van der Waals surface area contributed by atoms with Gasteiger partial charge in [-0.05, 0) is 36.4 Å². The summed E-state index contributed by atoms with van der Waals surface area (Å²) in [5.41, 5.74) is 2.21. The van der Waals surface area contributed by atoms with Gasteiger partial charge >= 0.3 is 0 Å². The van der Waals surface area contributed by atoms with E-state index < -0.39 is 0 Å². The number of thiophene rings is 1. The first-order valence-corrected chi connectivity index (χ1v) is 10.5. The minimum absolute atomic E-state index is 0.920. The Balaban J connectivity index is 1.35. The third-order valence-electron chi connectivity index (χ3n) is 4.04. The van der Waals surface area contributed by atoms with Crippen molar-refractivity contribution in [2.45, 2.75) is 12.8 Å². The first-order valence-electron chi connectivity index (χ1n) is 8.10. The quantitative estimate of drug-likeness (QED) is 0.375. The van der Waals surface area contributed by atoms with Gasteiger partial charge in [-0.25, -0.2) is 9.97 Å². The summed E-state index contributed by atoms with van der Waals surface area (Å²) in [4.78, 5) is 12.2. The van der Waals surface area contributed by atoms with Gasteiger partial charge in [-0.3, -0.25) is 0 Å². The van der Waals surface area contributed by atoms with Crippen molar-refractivity contribution in [3.05, 3.63) is 80.4 Å². The molecule has 5 rings (SSSR count). The Labute approximate surface area is 157 Å². The Morgan fingerprint density at radius 3 is 1.52 bits per heavy atom. The highest BCUT2D eigenvalue weighted by Crippen LogP contribution is 2.29. The molecule has 3 aromatic heterocycles. The zero-order valence-corrected chi connectivity index (χ0v) is 15.8. The summed E-state index contributed by atoms with van der Waals surface area (Å²) in [6.45, 7) is 0. The lowest BCUT2D eigenvalue weighted by Crippen LogP contribution is -1.82. The zero-order chi connectivity index (χ0) is 16.6. The Bertz CT molecular complexity index is 1010. The molecule has 0 atom stereocenters. The Kier molecular flexibility index (Phi) is 3.85. The van der Waals surface area contributed by atoms with Crippen LogP contribution in [0.5, 0.6) is 0 Å². The van der Waals surface area contributed by atoms with E-state index in [1.807, 2.05) is 23.5 Å². The van der Waals surface area contributed by atoms with Crippen LogP contribution in [0.1, 0.15) is 19.8 Å². The van der Waals surface area contributed by atoms with E-state index >= 15 is 0 Å². The van der Waals surface area contributed by atoms with Crippen molar-refractivity contribution < 1.29 is 0 Å². The topological polar surface area (TPSA) is 25.8 Å². The smallest absolute Gasteiger partial charge is 0.0990 e. The molecule has 0 saturated carbocycles. The van der Waals surface area contributed by atoms with Crippen LogP contribution >= 0.6 is 34.0 Å². The van der Waals surface area contributed by atoms with Crippen molar-refractivity contribution in [3.63, 3.8) is 0 Å². The van der Waals surface area contributed by atoms with Gasteiger partial charge in [0.1, 0.15) is 0 Å².